The van der Waals surface area contributed by atoms with Gasteiger partial charge in [0.15, 0.2) is 5.78 Å². The first kappa shape index (κ1) is 15.2. The van der Waals surface area contributed by atoms with Gasteiger partial charge in [-0.3, -0.25) is 9.69 Å². The molecule has 1 aromatic rings. The molecular weight excluding hydrogens is 254 g/mol. The molecule has 1 saturated heterocycles. The van der Waals surface area contributed by atoms with Crippen LogP contribution in [-0.4, -0.2) is 59.2 Å². The maximum absolute atomic E-state index is 11.6. The van der Waals surface area contributed by atoms with Gasteiger partial charge in [-0.25, -0.2) is 0 Å². The maximum Gasteiger partial charge on any atom is 0.161 e. The summed E-state index contributed by atoms with van der Waals surface area (Å²) in [5.74, 6) is 0.0929. The van der Waals surface area contributed by atoms with Crippen molar-refractivity contribution in [1.82, 2.24) is 14.8 Å². The van der Waals surface area contributed by atoms with Crippen molar-refractivity contribution < 1.29 is 9.90 Å². The maximum atomic E-state index is 11.6. The van der Waals surface area contributed by atoms with E-state index >= 15 is 0 Å². The van der Waals surface area contributed by atoms with Crippen LogP contribution in [0.2, 0.25) is 0 Å². The average Bonchev–Trinajstić information content (AvgIpc) is 2.65. The molecule has 1 aliphatic rings. The van der Waals surface area contributed by atoms with Gasteiger partial charge >= 0.3 is 0 Å². The van der Waals surface area contributed by atoms with Crippen LogP contribution in [0.4, 0.5) is 0 Å². The Morgan fingerprint density at radius 2 is 2.00 bits per heavy atom. The van der Waals surface area contributed by atoms with E-state index in [2.05, 4.69) is 10.2 Å². The van der Waals surface area contributed by atoms with Gasteiger partial charge in [0.05, 0.1) is 6.10 Å². The van der Waals surface area contributed by atoms with E-state index in [9.17, 15) is 9.90 Å². The van der Waals surface area contributed by atoms with Gasteiger partial charge in [-0.2, -0.15) is 0 Å². The number of aliphatic hydroxyl groups is 1. The van der Waals surface area contributed by atoms with Gasteiger partial charge in [-0.15, -0.1) is 0 Å². The molecule has 0 amide bonds. The van der Waals surface area contributed by atoms with E-state index in [4.69, 9.17) is 0 Å². The topological polar surface area (TPSA) is 57.5 Å². The number of nitrogens with zero attached hydrogens (tertiary/aromatic N) is 2. The molecular formula is C15H25N3O2. The van der Waals surface area contributed by atoms with Gasteiger partial charge in [0.2, 0.25) is 0 Å². The summed E-state index contributed by atoms with van der Waals surface area (Å²) in [5.41, 5.74) is 2.73. The molecule has 1 fully saturated rings. The van der Waals surface area contributed by atoms with Gasteiger partial charge < -0.3 is 15.0 Å². The molecule has 2 heterocycles. The Kier molecular flexibility index (Phi) is 4.96. The van der Waals surface area contributed by atoms with Crippen molar-refractivity contribution in [2.75, 3.05) is 32.7 Å². The minimum Gasteiger partial charge on any atom is -0.390 e. The number of piperazine rings is 1. The van der Waals surface area contributed by atoms with Gasteiger partial charge in [-0.05, 0) is 26.3 Å². The number of carbonyl (C=O) groups excluding carboxylic acids is 1. The van der Waals surface area contributed by atoms with E-state index in [1.807, 2.05) is 24.6 Å². The van der Waals surface area contributed by atoms with Crippen LogP contribution in [0, 0.1) is 13.8 Å². The predicted molar refractivity (Wildman–Crippen MR) is 79.2 cm³/mol. The summed E-state index contributed by atoms with van der Waals surface area (Å²) < 4.78 is 2.00. The van der Waals surface area contributed by atoms with Crippen LogP contribution in [0.5, 0.6) is 0 Å². The zero-order valence-corrected chi connectivity index (χ0v) is 12.6. The second-order valence-electron chi connectivity index (χ2n) is 5.69. The molecule has 0 spiro atoms. The molecule has 1 aliphatic heterocycles. The molecule has 2 rings (SSSR count). The Balaban J connectivity index is 1.98. The molecule has 0 radical (unpaired) electrons. The van der Waals surface area contributed by atoms with E-state index in [0.717, 1.165) is 43.0 Å². The number of ketones is 1. The lowest BCUT2D eigenvalue weighted by molar-refractivity contribution is 0.0911. The third kappa shape index (κ3) is 3.48. The van der Waals surface area contributed by atoms with Crippen molar-refractivity contribution >= 4 is 5.78 Å². The van der Waals surface area contributed by atoms with Gasteiger partial charge in [-0.1, -0.05) is 0 Å². The van der Waals surface area contributed by atoms with Crippen molar-refractivity contribution in [2.24, 2.45) is 0 Å². The molecule has 5 nitrogen and oxygen atoms in total. The van der Waals surface area contributed by atoms with E-state index < -0.39 is 6.10 Å². The lowest BCUT2D eigenvalue weighted by Gasteiger charge is -2.29. The zero-order chi connectivity index (χ0) is 14.7. The number of aryl methyl sites for hydroxylation is 1. The third-order valence-electron chi connectivity index (χ3n) is 3.97. The smallest absolute Gasteiger partial charge is 0.161 e. The number of hydrogen-bond acceptors (Lipinski definition) is 4. The minimum absolute atomic E-state index is 0.0929. The van der Waals surface area contributed by atoms with E-state index in [0.29, 0.717) is 13.1 Å². The van der Waals surface area contributed by atoms with Crippen molar-refractivity contribution in [3.8, 4) is 0 Å². The van der Waals surface area contributed by atoms with Crippen LogP contribution >= 0.6 is 0 Å². The molecule has 0 aromatic carbocycles. The van der Waals surface area contributed by atoms with Crippen LogP contribution < -0.4 is 5.32 Å². The molecule has 1 aromatic heterocycles. The quantitative estimate of drug-likeness (QED) is 0.774. The minimum atomic E-state index is -0.404. The standard InChI is InChI=1S/C15H25N3O2/c1-11-8-18(12(2)15(11)13(3)19)10-14(20)9-17-6-4-16-5-7-17/h8,14,16,20H,4-7,9-10H2,1-3H3/t14-/m0/s1. The van der Waals surface area contributed by atoms with Crippen LogP contribution in [0.3, 0.4) is 0 Å². The van der Waals surface area contributed by atoms with Crippen molar-refractivity contribution in [1.29, 1.82) is 0 Å². The van der Waals surface area contributed by atoms with Gasteiger partial charge in [0.25, 0.3) is 0 Å². The molecule has 0 bridgehead atoms. The SMILES string of the molecule is CC(=O)c1c(C)cn(C[C@@H](O)CN2CCNCC2)c1C. The first-order valence-electron chi connectivity index (χ1n) is 7.27. The number of nitrogens with one attached hydrogen (secondary N) is 1. The number of β-amino-alcohol motifs (C(OH)–C–C–N with tert-alkyl or cyclic N) is 1. The highest BCUT2D eigenvalue weighted by molar-refractivity contribution is 5.96. The summed E-state index contributed by atoms with van der Waals surface area (Å²) >= 11 is 0. The van der Waals surface area contributed by atoms with E-state index in [1.54, 1.807) is 6.92 Å². The molecule has 20 heavy (non-hydrogen) atoms. The molecule has 2 N–H and O–H groups in total. The first-order chi connectivity index (χ1) is 9.49. The fourth-order valence-electron chi connectivity index (χ4n) is 3.02. The summed E-state index contributed by atoms with van der Waals surface area (Å²) in [6, 6.07) is 0. The lowest BCUT2D eigenvalue weighted by atomic mass is 10.1. The first-order valence-corrected chi connectivity index (χ1v) is 7.27. The van der Waals surface area contributed by atoms with Gasteiger partial charge in [0, 0.05) is 56.7 Å². The lowest BCUT2D eigenvalue weighted by Crippen LogP contribution is -2.46. The Morgan fingerprint density at radius 1 is 1.35 bits per heavy atom. The highest BCUT2D eigenvalue weighted by atomic mass is 16.3. The highest BCUT2D eigenvalue weighted by Crippen LogP contribution is 2.17. The summed E-state index contributed by atoms with van der Waals surface area (Å²) in [5, 5.41) is 13.6. The Hall–Kier alpha value is -1.17. The second-order valence-corrected chi connectivity index (χ2v) is 5.69. The molecule has 0 aliphatic carbocycles. The predicted octanol–water partition coefficient (Wildman–Crippen LogP) is 0.574. The average molecular weight is 279 g/mol. The Morgan fingerprint density at radius 3 is 2.55 bits per heavy atom. The number of Topliss-reactive ketones (excluding diaryl/α,β-unsaturated/α-hetero) is 1. The molecule has 112 valence electrons. The van der Waals surface area contributed by atoms with E-state index in [-0.39, 0.29) is 5.78 Å². The summed E-state index contributed by atoms with van der Waals surface area (Å²) in [4.78, 5) is 13.9. The van der Waals surface area contributed by atoms with Crippen LogP contribution in [-0.2, 0) is 6.54 Å². The fraction of sp³-hybridized carbons (Fsp3) is 0.667. The van der Waals surface area contributed by atoms with Crippen molar-refractivity contribution in [3.05, 3.63) is 23.0 Å². The Labute approximate surface area is 120 Å². The summed E-state index contributed by atoms with van der Waals surface area (Å²) in [7, 11) is 0. The third-order valence-corrected chi connectivity index (χ3v) is 3.97. The number of aromatic nitrogens is 1. The zero-order valence-electron chi connectivity index (χ0n) is 12.6. The number of hydrogen-bond donors (Lipinski definition) is 2. The van der Waals surface area contributed by atoms with Crippen LogP contribution in [0.1, 0.15) is 28.5 Å². The molecule has 0 saturated carbocycles. The summed E-state index contributed by atoms with van der Waals surface area (Å²) in [6.07, 6.45) is 1.56. The Bertz CT molecular complexity index is 476. The monoisotopic (exact) mass is 279 g/mol. The molecule has 1 atom stereocenters. The van der Waals surface area contributed by atoms with Crippen LogP contribution in [0.15, 0.2) is 6.20 Å². The normalized spacial score (nSPS) is 18.2. The molecule has 0 unspecified atom stereocenters. The largest absolute Gasteiger partial charge is 0.390 e. The summed E-state index contributed by atoms with van der Waals surface area (Å²) in [6.45, 7) is 10.7. The van der Waals surface area contributed by atoms with Crippen molar-refractivity contribution in [2.45, 2.75) is 33.4 Å². The number of rotatable bonds is 5. The van der Waals surface area contributed by atoms with Crippen molar-refractivity contribution in [3.63, 3.8) is 0 Å². The van der Waals surface area contributed by atoms with Gasteiger partial charge in [0.1, 0.15) is 0 Å². The number of carbonyl (C=O) groups is 1. The van der Waals surface area contributed by atoms with E-state index in [1.165, 1.54) is 0 Å². The second kappa shape index (κ2) is 6.52. The molecule has 5 heteroatoms. The van der Waals surface area contributed by atoms with Crippen LogP contribution in [0.25, 0.3) is 0 Å². The number of aliphatic hydroxyl groups excluding tert-OH is 1. The fourth-order valence-corrected chi connectivity index (χ4v) is 3.02. The highest BCUT2D eigenvalue weighted by Gasteiger charge is 2.18.